The van der Waals surface area contributed by atoms with E-state index in [1.54, 1.807) is 18.7 Å². The van der Waals surface area contributed by atoms with Crippen LogP contribution in [-0.2, 0) is 16.3 Å². The highest BCUT2D eigenvalue weighted by Crippen LogP contribution is 2.28. The summed E-state index contributed by atoms with van der Waals surface area (Å²) in [6, 6.07) is 5.45. The third-order valence-corrected chi connectivity index (χ3v) is 6.40. The summed E-state index contributed by atoms with van der Waals surface area (Å²) in [5.41, 5.74) is 2.98. The van der Waals surface area contributed by atoms with Crippen LogP contribution in [0.5, 0.6) is 0 Å². The van der Waals surface area contributed by atoms with Crippen molar-refractivity contribution in [1.82, 2.24) is 4.90 Å². The number of benzene rings is 1. The second kappa shape index (κ2) is 6.91. The molecule has 0 spiro atoms. The number of carbonyl (C=O) groups excluding carboxylic acids is 1. The first-order valence-corrected chi connectivity index (χ1v) is 9.96. The number of carbonyl (C=O) groups is 1. The molecule has 0 radical (unpaired) electrons. The van der Waals surface area contributed by atoms with Gasteiger partial charge in [0, 0.05) is 43.2 Å². The topological polar surface area (TPSA) is 57.7 Å². The zero-order chi connectivity index (χ0) is 17.2. The van der Waals surface area contributed by atoms with Crippen molar-refractivity contribution in [3.05, 3.63) is 29.3 Å². The van der Waals surface area contributed by atoms with Gasteiger partial charge >= 0.3 is 0 Å². The summed E-state index contributed by atoms with van der Waals surface area (Å²) in [7, 11) is -1.09. The van der Waals surface area contributed by atoms with Crippen molar-refractivity contribution in [2.45, 2.75) is 33.2 Å². The minimum absolute atomic E-state index is 0.00786. The van der Waals surface area contributed by atoms with E-state index in [2.05, 4.69) is 4.90 Å². The zero-order valence-electron chi connectivity index (χ0n) is 14.4. The van der Waals surface area contributed by atoms with Gasteiger partial charge in [-0.1, -0.05) is 13.0 Å². The van der Waals surface area contributed by atoms with E-state index in [0.717, 1.165) is 18.7 Å². The molecule has 128 valence electrons. The summed E-state index contributed by atoms with van der Waals surface area (Å²) in [6.45, 7) is 6.78. The summed E-state index contributed by atoms with van der Waals surface area (Å²) in [6.07, 6.45) is 1.00. The van der Waals surface area contributed by atoms with Crippen molar-refractivity contribution in [3.63, 3.8) is 0 Å². The molecule has 0 saturated heterocycles. The zero-order valence-corrected chi connectivity index (χ0v) is 15.2. The molecule has 1 aliphatic rings. The summed E-state index contributed by atoms with van der Waals surface area (Å²) < 4.78 is 23.7. The van der Waals surface area contributed by atoms with Crippen LogP contribution < -0.4 is 4.90 Å². The molecule has 1 aromatic rings. The van der Waals surface area contributed by atoms with Gasteiger partial charge in [-0.15, -0.1) is 0 Å². The Morgan fingerprint density at radius 1 is 1.35 bits per heavy atom. The molecule has 23 heavy (non-hydrogen) atoms. The van der Waals surface area contributed by atoms with Gasteiger partial charge in [-0.2, -0.15) is 0 Å². The Bertz CT molecular complexity index is 685. The predicted octanol–water partition coefficient (Wildman–Crippen LogP) is 1.96. The highest BCUT2D eigenvalue weighted by atomic mass is 32.2. The Kier molecular flexibility index (Phi) is 5.34. The van der Waals surface area contributed by atoms with Crippen LogP contribution in [0.1, 0.15) is 36.7 Å². The van der Waals surface area contributed by atoms with Crippen LogP contribution in [0, 0.1) is 0 Å². The molecule has 1 atom stereocenters. The lowest BCUT2D eigenvalue weighted by atomic mass is 10.1. The predicted molar refractivity (Wildman–Crippen MR) is 93.9 cm³/mol. The number of hydrogen-bond donors (Lipinski definition) is 0. The number of anilines is 1. The molecule has 2 rings (SSSR count). The number of hydrogen-bond acceptors (Lipinski definition) is 4. The molecule has 1 aliphatic heterocycles. The van der Waals surface area contributed by atoms with Gasteiger partial charge in [0.15, 0.2) is 9.84 Å². The molecule has 1 heterocycles. The van der Waals surface area contributed by atoms with Crippen LogP contribution in [0.25, 0.3) is 0 Å². The molecule has 1 amide bonds. The first kappa shape index (κ1) is 17.8. The minimum atomic E-state index is -3.11. The molecular formula is C17H26N2O3S. The van der Waals surface area contributed by atoms with Crippen LogP contribution in [0.4, 0.5) is 5.69 Å². The first-order valence-electron chi connectivity index (χ1n) is 8.14. The maximum absolute atomic E-state index is 12.8. The minimum Gasteiger partial charge on any atom is -0.374 e. The summed E-state index contributed by atoms with van der Waals surface area (Å²) >= 11 is 0. The van der Waals surface area contributed by atoms with E-state index in [-0.39, 0.29) is 23.5 Å². The van der Waals surface area contributed by atoms with Crippen LogP contribution in [0.15, 0.2) is 18.2 Å². The Morgan fingerprint density at radius 2 is 2.04 bits per heavy atom. The van der Waals surface area contributed by atoms with Gasteiger partial charge < -0.3 is 9.80 Å². The van der Waals surface area contributed by atoms with Gasteiger partial charge in [0.05, 0.1) is 5.75 Å². The maximum atomic E-state index is 12.8. The van der Waals surface area contributed by atoms with E-state index in [1.165, 1.54) is 5.56 Å². The lowest BCUT2D eigenvalue weighted by Crippen LogP contribution is -2.42. The molecular weight excluding hydrogens is 312 g/mol. The average molecular weight is 338 g/mol. The standard InChI is InChI=1S/C17H26N2O3S/c1-5-19(13(3)12-23(21,22)6-2)17(20)15-8-7-14-9-10-18(4)16(14)11-15/h7-8,11,13H,5-6,9-10,12H2,1-4H3/t13-/m1/s1. The maximum Gasteiger partial charge on any atom is 0.254 e. The molecule has 1 aromatic carbocycles. The molecule has 0 bridgehead atoms. The molecule has 0 aromatic heterocycles. The largest absolute Gasteiger partial charge is 0.374 e. The van der Waals surface area contributed by atoms with E-state index in [4.69, 9.17) is 0 Å². The second-order valence-corrected chi connectivity index (χ2v) is 8.55. The van der Waals surface area contributed by atoms with E-state index in [0.29, 0.717) is 12.1 Å². The van der Waals surface area contributed by atoms with Gasteiger partial charge in [0.1, 0.15) is 0 Å². The van der Waals surface area contributed by atoms with Crippen molar-refractivity contribution >= 4 is 21.4 Å². The Hall–Kier alpha value is -1.56. The van der Waals surface area contributed by atoms with Crippen molar-refractivity contribution in [2.24, 2.45) is 0 Å². The Balaban J connectivity index is 2.22. The number of sulfone groups is 1. The highest BCUT2D eigenvalue weighted by Gasteiger charge is 2.25. The summed E-state index contributed by atoms with van der Waals surface area (Å²) in [4.78, 5) is 16.6. The molecule has 0 aliphatic carbocycles. The molecule has 0 unspecified atom stereocenters. The fourth-order valence-electron chi connectivity index (χ4n) is 3.07. The number of fused-ring (bicyclic) bond motifs is 1. The van der Waals surface area contributed by atoms with Crippen LogP contribution >= 0.6 is 0 Å². The fraction of sp³-hybridized carbons (Fsp3) is 0.588. The molecule has 0 fully saturated rings. The van der Waals surface area contributed by atoms with Crippen molar-refractivity contribution < 1.29 is 13.2 Å². The van der Waals surface area contributed by atoms with Crippen molar-refractivity contribution in [1.29, 1.82) is 0 Å². The van der Waals surface area contributed by atoms with Crippen LogP contribution in [0.3, 0.4) is 0 Å². The Morgan fingerprint density at radius 3 is 2.65 bits per heavy atom. The lowest BCUT2D eigenvalue weighted by Gasteiger charge is -2.28. The van der Waals surface area contributed by atoms with Gasteiger partial charge in [-0.3, -0.25) is 4.79 Å². The molecule has 6 heteroatoms. The van der Waals surface area contributed by atoms with Gasteiger partial charge in [-0.25, -0.2) is 8.42 Å². The van der Waals surface area contributed by atoms with E-state index in [1.807, 2.05) is 32.2 Å². The van der Waals surface area contributed by atoms with E-state index >= 15 is 0 Å². The smallest absolute Gasteiger partial charge is 0.254 e. The number of nitrogens with zero attached hydrogens (tertiary/aromatic N) is 2. The van der Waals surface area contributed by atoms with Crippen molar-refractivity contribution in [2.75, 3.05) is 36.5 Å². The lowest BCUT2D eigenvalue weighted by molar-refractivity contribution is 0.0719. The third kappa shape index (κ3) is 3.86. The van der Waals surface area contributed by atoms with Crippen LogP contribution in [-0.4, -0.2) is 56.9 Å². The number of likely N-dealkylation sites (N-methyl/N-ethyl adjacent to an activating group) is 1. The normalized spacial score (nSPS) is 15.4. The Labute approximate surface area is 139 Å². The quantitative estimate of drug-likeness (QED) is 0.796. The SMILES string of the molecule is CCN(C(=O)c1ccc2c(c1)N(C)CC2)[C@H](C)CS(=O)(=O)CC. The molecule has 0 N–H and O–H groups in total. The summed E-state index contributed by atoms with van der Waals surface area (Å²) in [5.74, 6) is 0.00935. The second-order valence-electron chi connectivity index (χ2n) is 6.15. The van der Waals surface area contributed by atoms with Gasteiger partial charge in [0.25, 0.3) is 5.91 Å². The first-order chi connectivity index (χ1) is 10.8. The van der Waals surface area contributed by atoms with E-state index < -0.39 is 9.84 Å². The van der Waals surface area contributed by atoms with E-state index in [9.17, 15) is 13.2 Å². The number of rotatable bonds is 6. The number of amides is 1. The van der Waals surface area contributed by atoms with Gasteiger partial charge in [0.2, 0.25) is 0 Å². The average Bonchev–Trinajstić information content (AvgIpc) is 2.88. The van der Waals surface area contributed by atoms with Crippen LogP contribution in [0.2, 0.25) is 0 Å². The van der Waals surface area contributed by atoms with Gasteiger partial charge in [-0.05, 0) is 38.0 Å². The summed E-state index contributed by atoms with van der Waals surface area (Å²) in [5, 5.41) is 0. The molecule has 0 saturated carbocycles. The molecule has 5 nitrogen and oxygen atoms in total. The third-order valence-electron chi connectivity index (χ3n) is 4.53. The monoisotopic (exact) mass is 338 g/mol. The fourth-order valence-corrected chi connectivity index (χ4v) is 4.22. The highest BCUT2D eigenvalue weighted by molar-refractivity contribution is 7.91. The van der Waals surface area contributed by atoms with Crippen molar-refractivity contribution in [3.8, 4) is 0 Å².